The van der Waals surface area contributed by atoms with Crippen molar-refractivity contribution in [3.63, 3.8) is 0 Å². The van der Waals surface area contributed by atoms with Gasteiger partial charge in [0.15, 0.2) is 28.6 Å². The number of ether oxygens (including phenoxy) is 2. The molecule has 1 aliphatic rings. The molecule has 0 spiro atoms. The third-order valence-corrected chi connectivity index (χ3v) is 4.14. The zero-order chi connectivity index (χ0) is 18.6. The van der Waals surface area contributed by atoms with Gasteiger partial charge in [0.05, 0.1) is 0 Å². The van der Waals surface area contributed by atoms with Crippen LogP contribution in [0, 0.1) is 11.3 Å². The summed E-state index contributed by atoms with van der Waals surface area (Å²) in [6.45, 7) is 0. The van der Waals surface area contributed by atoms with Gasteiger partial charge in [0.25, 0.3) is 0 Å². The van der Waals surface area contributed by atoms with Gasteiger partial charge in [0, 0.05) is 5.39 Å². The summed E-state index contributed by atoms with van der Waals surface area (Å²) in [5.74, 6) is 0.370. The molecule has 0 radical (unpaired) electrons. The second kappa shape index (κ2) is 5.28. The highest BCUT2D eigenvalue weighted by molar-refractivity contribution is 5.87. The van der Waals surface area contributed by atoms with Gasteiger partial charge < -0.3 is 13.9 Å². The van der Waals surface area contributed by atoms with Crippen LogP contribution in [0.2, 0.25) is 0 Å². The highest BCUT2D eigenvalue weighted by Crippen LogP contribution is 2.43. The van der Waals surface area contributed by atoms with Crippen molar-refractivity contribution >= 4 is 11.0 Å². The number of hydrogen-bond donors (Lipinski definition) is 1. The first-order chi connectivity index (χ1) is 13.0. The molecule has 132 valence electrons. The van der Waals surface area contributed by atoms with E-state index in [1.54, 1.807) is 24.3 Å². The molecule has 0 unspecified atom stereocenters. The van der Waals surface area contributed by atoms with E-state index in [9.17, 15) is 8.78 Å². The lowest BCUT2D eigenvalue weighted by Crippen LogP contribution is -2.25. The van der Waals surface area contributed by atoms with Crippen LogP contribution in [0.25, 0.3) is 33.6 Å². The molecule has 0 saturated heterocycles. The number of nitrogens with one attached hydrogen (secondary N) is 1. The van der Waals surface area contributed by atoms with E-state index >= 15 is 0 Å². The molecule has 1 aliphatic heterocycles. The number of benzene rings is 2. The van der Waals surface area contributed by atoms with Gasteiger partial charge in [-0.3, -0.25) is 0 Å². The Kier molecular flexibility index (Phi) is 3.00. The summed E-state index contributed by atoms with van der Waals surface area (Å²) in [7, 11) is 0. The Morgan fingerprint density at radius 2 is 1.78 bits per heavy atom. The lowest BCUT2D eigenvalue weighted by molar-refractivity contribution is -0.286. The molecule has 0 amide bonds. The van der Waals surface area contributed by atoms with Crippen LogP contribution in [0.3, 0.4) is 0 Å². The fraction of sp³-hybridized carbons (Fsp3) is 0.0556. The molecule has 0 saturated carbocycles. The van der Waals surface area contributed by atoms with Crippen molar-refractivity contribution in [2.45, 2.75) is 6.29 Å². The molecule has 1 N–H and O–H groups in total. The lowest BCUT2D eigenvalue weighted by atomic mass is 10.0. The predicted molar refractivity (Wildman–Crippen MR) is 87.9 cm³/mol. The average Bonchev–Trinajstić information content (AvgIpc) is 3.34. The fourth-order valence-electron chi connectivity index (χ4n) is 2.95. The SMILES string of the molecule is N#Cc1[nH]nnc1-c1cc2cc(-c3ccc4c(c3)OC(F)(F)O4)ccc2o1. The van der Waals surface area contributed by atoms with E-state index in [0.717, 1.165) is 10.9 Å². The first kappa shape index (κ1) is 15.3. The summed E-state index contributed by atoms with van der Waals surface area (Å²) in [6, 6.07) is 13.7. The largest absolute Gasteiger partial charge is 0.586 e. The normalized spacial score (nSPS) is 14.4. The van der Waals surface area contributed by atoms with Crippen molar-refractivity contribution in [2.24, 2.45) is 0 Å². The number of fused-ring (bicyclic) bond motifs is 2. The molecule has 0 atom stereocenters. The molecule has 2 aromatic heterocycles. The Labute approximate surface area is 149 Å². The lowest BCUT2D eigenvalue weighted by Gasteiger charge is -2.04. The molecule has 9 heteroatoms. The molecule has 2 aromatic carbocycles. The highest BCUT2D eigenvalue weighted by Gasteiger charge is 2.43. The Hall–Kier alpha value is -3.93. The summed E-state index contributed by atoms with van der Waals surface area (Å²) >= 11 is 0. The van der Waals surface area contributed by atoms with Crippen molar-refractivity contribution in [3.8, 4) is 40.1 Å². The molecule has 5 rings (SSSR count). The number of halogens is 2. The minimum absolute atomic E-state index is 0.00881. The molecular formula is C18H8F2N4O3. The number of alkyl halides is 2. The third-order valence-electron chi connectivity index (χ3n) is 4.14. The van der Waals surface area contributed by atoms with Crippen LogP contribution < -0.4 is 9.47 Å². The zero-order valence-electron chi connectivity index (χ0n) is 13.4. The number of hydrogen-bond acceptors (Lipinski definition) is 6. The zero-order valence-corrected chi connectivity index (χ0v) is 13.4. The van der Waals surface area contributed by atoms with Crippen LogP contribution in [0.15, 0.2) is 46.9 Å². The maximum absolute atomic E-state index is 13.2. The van der Waals surface area contributed by atoms with Crippen molar-refractivity contribution in [3.05, 3.63) is 48.2 Å². The van der Waals surface area contributed by atoms with Crippen LogP contribution in [0.4, 0.5) is 8.78 Å². The molecule has 4 aromatic rings. The van der Waals surface area contributed by atoms with Crippen LogP contribution >= 0.6 is 0 Å². The number of rotatable bonds is 2. The van der Waals surface area contributed by atoms with Gasteiger partial charge in [-0.2, -0.15) is 5.26 Å². The second-order valence-corrected chi connectivity index (χ2v) is 5.84. The van der Waals surface area contributed by atoms with Crippen LogP contribution in [0.1, 0.15) is 5.69 Å². The van der Waals surface area contributed by atoms with Gasteiger partial charge in [-0.1, -0.05) is 17.3 Å². The number of furan rings is 1. The van der Waals surface area contributed by atoms with Crippen molar-refractivity contribution in [1.82, 2.24) is 15.4 Å². The van der Waals surface area contributed by atoms with Crippen LogP contribution in [0.5, 0.6) is 11.5 Å². The summed E-state index contributed by atoms with van der Waals surface area (Å²) in [4.78, 5) is 0. The number of nitrogens with zero attached hydrogens (tertiary/aromatic N) is 3. The summed E-state index contributed by atoms with van der Waals surface area (Å²) in [5.41, 5.74) is 2.57. The Bertz CT molecular complexity index is 1240. The number of aromatic amines is 1. The van der Waals surface area contributed by atoms with Gasteiger partial charge in [-0.25, -0.2) is 5.10 Å². The summed E-state index contributed by atoms with van der Waals surface area (Å²) in [6.07, 6.45) is -3.65. The van der Waals surface area contributed by atoms with Crippen molar-refractivity contribution in [2.75, 3.05) is 0 Å². The molecular weight excluding hydrogens is 358 g/mol. The summed E-state index contributed by atoms with van der Waals surface area (Å²) < 4.78 is 41.0. The van der Waals surface area contributed by atoms with Gasteiger partial charge in [-0.15, -0.1) is 13.9 Å². The maximum atomic E-state index is 13.2. The second-order valence-electron chi connectivity index (χ2n) is 5.84. The van der Waals surface area contributed by atoms with Gasteiger partial charge >= 0.3 is 6.29 Å². The first-order valence-corrected chi connectivity index (χ1v) is 7.78. The van der Waals surface area contributed by atoms with Crippen LogP contribution in [-0.2, 0) is 0 Å². The quantitative estimate of drug-likeness (QED) is 0.574. The third kappa shape index (κ3) is 2.46. The molecule has 3 heterocycles. The predicted octanol–water partition coefficient (Wildman–Crippen LogP) is 4.08. The number of H-pyrrole nitrogens is 1. The van der Waals surface area contributed by atoms with E-state index in [2.05, 4.69) is 24.9 Å². The van der Waals surface area contributed by atoms with E-state index in [1.165, 1.54) is 12.1 Å². The molecule has 27 heavy (non-hydrogen) atoms. The Morgan fingerprint density at radius 3 is 2.63 bits per heavy atom. The van der Waals surface area contributed by atoms with E-state index in [4.69, 9.17) is 9.68 Å². The Morgan fingerprint density at radius 1 is 1.00 bits per heavy atom. The molecule has 7 nitrogen and oxygen atoms in total. The minimum Gasteiger partial charge on any atom is -0.454 e. The van der Waals surface area contributed by atoms with E-state index < -0.39 is 6.29 Å². The number of nitriles is 1. The van der Waals surface area contributed by atoms with Crippen molar-refractivity contribution < 1.29 is 22.7 Å². The number of aromatic nitrogens is 3. The van der Waals surface area contributed by atoms with E-state index in [-0.39, 0.29) is 17.2 Å². The standard InChI is InChI=1S/C18H8F2N4O3/c19-18(20)26-14-4-2-10(6-15(14)27-18)9-1-3-13-11(5-9)7-16(25-13)17-12(8-21)22-24-23-17/h1-7H,(H,22,23,24). The smallest absolute Gasteiger partial charge is 0.454 e. The molecule has 0 bridgehead atoms. The van der Waals surface area contributed by atoms with E-state index in [1.807, 2.05) is 12.1 Å². The van der Waals surface area contributed by atoms with Gasteiger partial charge in [0.1, 0.15) is 11.7 Å². The topological polar surface area (TPSA) is 97.0 Å². The average molecular weight is 366 g/mol. The van der Waals surface area contributed by atoms with Crippen LogP contribution in [-0.4, -0.2) is 21.7 Å². The first-order valence-electron chi connectivity index (χ1n) is 7.78. The minimum atomic E-state index is -3.65. The fourth-order valence-corrected chi connectivity index (χ4v) is 2.95. The van der Waals surface area contributed by atoms with E-state index in [0.29, 0.717) is 22.6 Å². The monoisotopic (exact) mass is 366 g/mol. The van der Waals surface area contributed by atoms with Gasteiger partial charge in [0.2, 0.25) is 0 Å². The molecule has 0 fully saturated rings. The highest BCUT2D eigenvalue weighted by atomic mass is 19.3. The molecule has 0 aliphatic carbocycles. The van der Waals surface area contributed by atoms with Crippen molar-refractivity contribution in [1.29, 1.82) is 5.26 Å². The maximum Gasteiger partial charge on any atom is 0.586 e. The summed E-state index contributed by atoms with van der Waals surface area (Å²) in [5, 5.41) is 19.8. The van der Waals surface area contributed by atoms with Gasteiger partial charge in [-0.05, 0) is 41.5 Å². The Balaban J connectivity index is 1.56.